The molecule has 0 aliphatic rings. The standard InChI is InChI=1S/C30H23N3O3/c1-35-26-18-14-24(15-19-26)30(34)36-27-16-12-22(13-17-27)21-31-29-20-28(23-8-4-2-5-9-23)32-33(29)25-10-6-3-7-11-25/h2-21H,1H3. The van der Waals surface area contributed by atoms with Crippen molar-refractivity contribution in [2.45, 2.75) is 0 Å². The maximum atomic E-state index is 12.4. The predicted molar refractivity (Wildman–Crippen MR) is 141 cm³/mol. The van der Waals surface area contributed by atoms with Crippen LogP contribution in [0.2, 0.25) is 0 Å². The summed E-state index contributed by atoms with van der Waals surface area (Å²) in [5, 5.41) is 4.79. The zero-order valence-electron chi connectivity index (χ0n) is 19.6. The zero-order valence-corrected chi connectivity index (χ0v) is 19.6. The first-order valence-corrected chi connectivity index (χ1v) is 11.4. The van der Waals surface area contributed by atoms with Crippen molar-refractivity contribution in [1.29, 1.82) is 0 Å². The van der Waals surface area contributed by atoms with E-state index in [0.717, 1.165) is 22.5 Å². The van der Waals surface area contributed by atoms with Crippen LogP contribution < -0.4 is 9.47 Å². The molecule has 0 N–H and O–H groups in total. The molecule has 0 aliphatic carbocycles. The van der Waals surface area contributed by atoms with Gasteiger partial charge in [0.15, 0.2) is 5.82 Å². The van der Waals surface area contributed by atoms with Crippen LogP contribution in [0.15, 0.2) is 120 Å². The number of rotatable bonds is 7. The number of hydrogen-bond acceptors (Lipinski definition) is 5. The topological polar surface area (TPSA) is 65.7 Å². The number of aromatic nitrogens is 2. The van der Waals surface area contributed by atoms with Gasteiger partial charge in [0.05, 0.1) is 24.1 Å². The number of para-hydroxylation sites is 1. The van der Waals surface area contributed by atoms with Gasteiger partial charge >= 0.3 is 5.97 Å². The molecule has 0 saturated heterocycles. The van der Waals surface area contributed by atoms with Gasteiger partial charge in [-0.2, -0.15) is 5.10 Å². The average molecular weight is 474 g/mol. The molecule has 0 saturated carbocycles. The summed E-state index contributed by atoms with van der Waals surface area (Å²) in [6.07, 6.45) is 1.76. The van der Waals surface area contributed by atoms with E-state index in [2.05, 4.69) is 0 Å². The largest absolute Gasteiger partial charge is 0.497 e. The Hall–Kier alpha value is -4.97. The molecule has 4 aromatic carbocycles. The van der Waals surface area contributed by atoms with Gasteiger partial charge in [0.1, 0.15) is 11.5 Å². The van der Waals surface area contributed by atoms with Crippen molar-refractivity contribution in [3.63, 3.8) is 0 Å². The van der Waals surface area contributed by atoms with Gasteiger partial charge in [0.25, 0.3) is 0 Å². The van der Waals surface area contributed by atoms with Crippen molar-refractivity contribution in [2.24, 2.45) is 4.99 Å². The van der Waals surface area contributed by atoms with E-state index in [4.69, 9.17) is 19.6 Å². The number of carbonyl (C=O) groups excluding carboxylic acids is 1. The normalized spacial score (nSPS) is 10.9. The van der Waals surface area contributed by atoms with Crippen LogP contribution in [-0.4, -0.2) is 29.1 Å². The van der Waals surface area contributed by atoms with E-state index >= 15 is 0 Å². The fraction of sp³-hybridized carbons (Fsp3) is 0.0333. The second kappa shape index (κ2) is 10.5. The summed E-state index contributed by atoms with van der Waals surface area (Å²) in [6, 6.07) is 35.8. The predicted octanol–water partition coefficient (Wildman–Crippen LogP) is 6.52. The summed E-state index contributed by atoms with van der Waals surface area (Å²) in [5.41, 5.74) is 4.10. The third kappa shape index (κ3) is 5.23. The highest BCUT2D eigenvalue weighted by atomic mass is 16.5. The summed E-state index contributed by atoms with van der Waals surface area (Å²) in [7, 11) is 1.58. The first kappa shape index (κ1) is 22.8. The van der Waals surface area contributed by atoms with Gasteiger partial charge in [-0.15, -0.1) is 0 Å². The molecule has 0 spiro atoms. The fourth-order valence-electron chi connectivity index (χ4n) is 3.63. The molecular formula is C30H23N3O3. The van der Waals surface area contributed by atoms with Gasteiger partial charge < -0.3 is 9.47 Å². The van der Waals surface area contributed by atoms with Gasteiger partial charge in [-0.1, -0.05) is 48.5 Å². The number of nitrogens with zero attached hydrogens (tertiary/aromatic N) is 3. The smallest absolute Gasteiger partial charge is 0.343 e. The number of methoxy groups -OCH3 is 1. The van der Waals surface area contributed by atoms with E-state index in [1.807, 2.05) is 83.5 Å². The first-order chi connectivity index (χ1) is 17.7. The summed E-state index contributed by atoms with van der Waals surface area (Å²) < 4.78 is 12.4. The Bertz CT molecular complexity index is 1470. The van der Waals surface area contributed by atoms with Crippen LogP contribution in [0.1, 0.15) is 15.9 Å². The van der Waals surface area contributed by atoms with E-state index in [-0.39, 0.29) is 0 Å². The second-order valence-corrected chi connectivity index (χ2v) is 7.95. The summed E-state index contributed by atoms with van der Waals surface area (Å²) in [6.45, 7) is 0. The third-order valence-corrected chi connectivity index (χ3v) is 5.52. The molecule has 6 nitrogen and oxygen atoms in total. The highest BCUT2D eigenvalue weighted by Gasteiger charge is 2.11. The van der Waals surface area contributed by atoms with E-state index in [1.165, 1.54) is 0 Å². The molecule has 1 aromatic heterocycles. The summed E-state index contributed by atoms with van der Waals surface area (Å²) in [5.74, 6) is 1.41. The van der Waals surface area contributed by atoms with Crippen LogP contribution in [0, 0.1) is 0 Å². The van der Waals surface area contributed by atoms with Gasteiger partial charge in [-0.25, -0.2) is 14.5 Å². The molecule has 0 amide bonds. The Morgan fingerprint density at radius 1 is 0.806 bits per heavy atom. The number of aliphatic imine (C=N–C) groups is 1. The SMILES string of the molecule is COc1ccc(C(=O)Oc2ccc(C=Nc3cc(-c4ccccc4)nn3-c3ccccc3)cc2)cc1. The Morgan fingerprint density at radius 3 is 2.11 bits per heavy atom. The van der Waals surface area contributed by atoms with Crippen molar-refractivity contribution >= 4 is 18.0 Å². The lowest BCUT2D eigenvalue weighted by Gasteiger charge is -2.06. The monoisotopic (exact) mass is 473 g/mol. The van der Waals surface area contributed by atoms with E-state index in [9.17, 15) is 4.79 Å². The van der Waals surface area contributed by atoms with Crippen molar-refractivity contribution < 1.29 is 14.3 Å². The molecule has 5 aromatic rings. The van der Waals surface area contributed by atoms with Gasteiger partial charge in [-0.05, 0) is 66.2 Å². The van der Waals surface area contributed by atoms with E-state index in [0.29, 0.717) is 22.9 Å². The molecule has 0 unspecified atom stereocenters. The van der Waals surface area contributed by atoms with E-state index < -0.39 is 5.97 Å². The lowest BCUT2D eigenvalue weighted by atomic mass is 10.2. The molecule has 0 aliphatic heterocycles. The van der Waals surface area contributed by atoms with Crippen LogP contribution in [-0.2, 0) is 0 Å². The van der Waals surface area contributed by atoms with Crippen molar-refractivity contribution in [1.82, 2.24) is 9.78 Å². The lowest BCUT2D eigenvalue weighted by Crippen LogP contribution is -2.08. The maximum absolute atomic E-state index is 12.4. The van der Waals surface area contributed by atoms with Gasteiger partial charge in [0.2, 0.25) is 0 Å². The average Bonchev–Trinajstić information content (AvgIpc) is 3.38. The Balaban J connectivity index is 1.35. The number of benzene rings is 4. The molecule has 5 rings (SSSR count). The Morgan fingerprint density at radius 2 is 1.44 bits per heavy atom. The number of esters is 1. The molecule has 1 heterocycles. The molecule has 6 heteroatoms. The number of ether oxygens (including phenoxy) is 2. The Labute approximate surface area is 209 Å². The van der Waals surface area contributed by atoms with Crippen LogP contribution in [0.3, 0.4) is 0 Å². The highest BCUT2D eigenvalue weighted by Crippen LogP contribution is 2.26. The Kier molecular flexibility index (Phi) is 6.67. The van der Waals surface area contributed by atoms with E-state index in [1.54, 1.807) is 49.7 Å². The molecule has 0 atom stereocenters. The minimum atomic E-state index is -0.431. The minimum Gasteiger partial charge on any atom is -0.497 e. The molecule has 0 fully saturated rings. The highest BCUT2D eigenvalue weighted by molar-refractivity contribution is 5.91. The first-order valence-electron chi connectivity index (χ1n) is 11.4. The minimum absolute atomic E-state index is 0.431. The third-order valence-electron chi connectivity index (χ3n) is 5.52. The molecule has 176 valence electrons. The summed E-state index contributed by atoms with van der Waals surface area (Å²) >= 11 is 0. The quantitative estimate of drug-likeness (QED) is 0.153. The maximum Gasteiger partial charge on any atom is 0.343 e. The fourth-order valence-corrected chi connectivity index (χ4v) is 3.63. The number of carbonyl (C=O) groups is 1. The van der Waals surface area contributed by atoms with Gasteiger partial charge in [-0.3, -0.25) is 0 Å². The second-order valence-electron chi connectivity index (χ2n) is 7.95. The summed E-state index contributed by atoms with van der Waals surface area (Å²) in [4.78, 5) is 17.1. The molecule has 0 radical (unpaired) electrons. The molecule has 0 bridgehead atoms. The van der Waals surface area contributed by atoms with Gasteiger partial charge in [0, 0.05) is 17.8 Å². The molecule has 36 heavy (non-hydrogen) atoms. The van der Waals surface area contributed by atoms with Crippen LogP contribution >= 0.6 is 0 Å². The van der Waals surface area contributed by atoms with Crippen molar-refractivity contribution in [3.05, 3.63) is 126 Å². The lowest BCUT2D eigenvalue weighted by molar-refractivity contribution is 0.0734. The zero-order chi connectivity index (χ0) is 24.7. The van der Waals surface area contributed by atoms with Crippen molar-refractivity contribution in [3.8, 4) is 28.4 Å². The van der Waals surface area contributed by atoms with Crippen molar-refractivity contribution in [2.75, 3.05) is 7.11 Å². The van der Waals surface area contributed by atoms with Crippen LogP contribution in [0.4, 0.5) is 5.82 Å². The van der Waals surface area contributed by atoms with Crippen LogP contribution in [0.25, 0.3) is 16.9 Å². The van der Waals surface area contributed by atoms with Crippen LogP contribution in [0.5, 0.6) is 11.5 Å². The number of hydrogen-bond donors (Lipinski definition) is 0. The molecular weight excluding hydrogens is 450 g/mol.